The Hall–Kier alpha value is -1.81. The fraction of sp³-hybridized carbons (Fsp3) is 0.526. The van der Waals surface area contributed by atoms with Crippen LogP contribution in [0.1, 0.15) is 31.0 Å². The standard InChI is InChI=1S/C19H27N3O/c1-14(2)19-15(3)22(17-8-6-5-7-16(17)19)13-18(23)21-11-9-20(4)10-12-21/h5-8,14H,9-13H2,1-4H3. The normalized spacial score (nSPS) is 16.5. The number of amides is 1. The third-order valence-electron chi connectivity index (χ3n) is 5.01. The first-order chi connectivity index (χ1) is 11.0. The van der Waals surface area contributed by atoms with E-state index in [0.717, 1.165) is 26.2 Å². The number of fused-ring (bicyclic) bond motifs is 1. The van der Waals surface area contributed by atoms with Gasteiger partial charge < -0.3 is 14.4 Å². The summed E-state index contributed by atoms with van der Waals surface area (Å²) in [6.45, 7) is 10.6. The van der Waals surface area contributed by atoms with Crippen LogP contribution >= 0.6 is 0 Å². The molecule has 0 spiro atoms. The number of likely N-dealkylation sites (N-methyl/N-ethyl adjacent to an activating group) is 1. The summed E-state index contributed by atoms with van der Waals surface area (Å²) in [5.74, 6) is 0.692. The average Bonchev–Trinajstić information content (AvgIpc) is 2.80. The highest BCUT2D eigenvalue weighted by atomic mass is 16.2. The first kappa shape index (κ1) is 16.1. The molecule has 1 aromatic carbocycles. The molecule has 1 aliphatic rings. The molecule has 2 aromatic rings. The van der Waals surface area contributed by atoms with E-state index in [2.05, 4.69) is 61.6 Å². The van der Waals surface area contributed by atoms with Gasteiger partial charge in [0.25, 0.3) is 0 Å². The van der Waals surface area contributed by atoms with E-state index in [4.69, 9.17) is 0 Å². The summed E-state index contributed by atoms with van der Waals surface area (Å²) in [6.07, 6.45) is 0. The number of rotatable bonds is 3. The zero-order valence-corrected chi connectivity index (χ0v) is 14.7. The predicted octanol–water partition coefficient (Wildman–Crippen LogP) is 2.85. The SMILES string of the molecule is Cc1c(C(C)C)c2ccccc2n1CC(=O)N1CCN(C)CC1. The number of hydrogen-bond acceptors (Lipinski definition) is 2. The highest BCUT2D eigenvalue weighted by Crippen LogP contribution is 2.31. The number of aromatic nitrogens is 1. The van der Waals surface area contributed by atoms with E-state index in [1.54, 1.807) is 0 Å². The topological polar surface area (TPSA) is 28.5 Å². The van der Waals surface area contributed by atoms with Gasteiger partial charge in [0, 0.05) is 42.8 Å². The molecule has 0 bridgehead atoms. The summed E-state index contributed by atoms with van der Waals surface area (Å²) >= 11 is 0. The predicted molar refractivity (Wildman–Crippen MR) is 94.8 cm³/mol. The number of benzene rings is 1. The molecule has 124 valence electrons. The van der Waals surface area contributed by atoms with Crippen LogP contribution in [0.15, 0.2) is 24.3 Å². The van der Waals surface area contributed by atoms with Crippen molar-refractivity contribution in [2.45, 2.75) is 33.2 Å². The molecule has 0 saturated carbocycles. The Morgan fingerprint density at radius 2 is 1.78 bits per heavy atom. The van der Waals surface area contributed by atoms with Gasteiger partial charge in [-0.05, 0) is 31.5 Å². The van der Waals surface area contributed by atoms with Crippen LogP contribution in [0, 0.1) is 6.92 Å². The van der Waals surface area contributed by atoms with E-state index in [-0.39, 0.29) is 5.91 Å². The molecule has 1 amide bonds. The fourth-order valence-electron chi connectivity index (χ4n) is 3.68. The zero-order valence-electron chi connectivity index (χ0n) is 14.7. The summed E-state index contributed by atoms with van der Waals surface area (Å²) in [5, 5.41) is 1.28. The van der Waals surface area contributed by atoms with Crippen LogP contribution in [0.3, 0.4) is 0 Å². The largest absolute Gasteiger partial charge is 0.339 e. The van der Waals surface area contributed by atoms with Gasteiger partial charge in [-0.25, -0.2) is 0 Å². The van der Waals surface area contributed by atoms with E-state index in [1.165, 1.54) is 22.2 Å². The Bertz CT molecular complexity index is 709. The quantitative estimate of drug-likeness (QED) is 0.872. The van der Waals surface area contributed by atoms with Crippen molar-refractivity contribution in [3.8, 4) is 0 Å². The molecular formula is C19H27N3O. The van der Waals surface area contributed by atoms with Crippen molar-refractivity contribution in [1.29, 1.82) is 0 Å². The van der Waals surface area contributed by atoms with Gasteiger partial charge >= 0.3 is 0 Å². The average molecular weight is 313 g/mol. The molecule has 1 aliphatic heterocycles. The molecule has 0 aliphatic carbocycles. The van der Waals surface area contributed by atoms with Gasteiger partial charge in [0.2, 0.25) is 5.91 Å². The van der Waals surface area contributed by atoms with E-state index in [1.807, 2.05) is 4.90 Å². The van der Waals surface area contributed by atoms with Crippen molar-refractivity contribution in [3.05, 3.63) is 35.5 Å². The molecule has 0 N–H and O–H groups in total. The van der Waals surface area contributed by atoms with Gasteiger partial charge in [-0.2, -0.15) is 0 Å². The smallest absolute Gasteiger partial charge is 0.242 e. The van der Waals surface area contributed by atoms with Gasteiger partial charge in [0.15, 0.2) is 0 Å². The lowest BCUT2D eigenvalue weighted by Gasteiger charge is -2.32. The molecule has 4 heteroatoms. The third kappa shape index (κ3) is 3.00. The maximum Gasteiger partial charge on any atom is 0.242 e. The molecule has 3 rings (SSSR count). The van der Waals surface area contributed by atoms with Crippen molar-refractivity contribution in [2.75, 3.05) is 33.2 Å². The van der Waals surface area contributed by atoms with Crippen molar-refractivity contribution in [3.63, 3.8) is 0 Å². The molecule has 0 radical (unpaired) electrons. The maximum absolute atomic E-state index is 12.7. The van der Waals surface area contributed by atoms with Crippen LogP contribution in [-0.2, 0) is 11.3 Å². The van der Waals surface area contributed by atoms with E-state index < -0.39 is 0 Å². The lowest BCUT2D eigenvalue weighted by atomic mass is 10.00. The van der Waals surface area contributed by atoms with Crippen LogP contribution in [0.5, 0.6) is 0 Å². The van der Waals surface area contributed by atoms with Crippen molar-refractivity contribution < 1.29 is 4.79 Å². The summed E-state index contributed by atoms with van der Waals surface area (Å²) in [6, 6.07) is 8.45. The lowest BCUT2D eigenvalue weighted by Crippen LogP contribution is -2.48. The zero-order chi connectivity index (χ0) is 16.6. The Morgan fingerprint density at radius 1 is 1.13 bits per heavy atom. The minimum atomic E-state index is 0.234. The van der Waals surface area contributed by atoms with Gasteiger partial charge in [0.1, 0.15) is 6.54 Å². The second-order valence-electron chi connectivity index (χ2n) is 6.94. The first-order valence-corrected chi connectivity index (χ1v) is 8.53. The van der Waals surface area contributed by atoms with Crippen LogP contribution in [0.2, 0.25) is 0 Å². The molecule has 23 heavy (non-hydrogen) atoms. The number of hydrogen-bond donors (Lipinski definition) is 0. The van der Waals surface area contributed by atoms with Crippen LogP contribution in [0.25, 0.3) is 10.9 Å². The minimum absolute atomic E-state index is 0.234. The number of nitrogens with zero attached hydrogens (tertiary/aromatic N) is 3. The lowest BCUT2D eigenvalue weighted by molar-refractivity contribution is -0.133. The van der Waals surface area contributed by atoms with Crippen molar-refractivity contribution >= 4 is 16.8 Å². The molecule has 4 nitrogen and oxygen atoms in total. The molecule has 0 atom stereocenters. The summed E-state index contributed by atoms with van der Waals surface area (Å²) in [4.78, 5) is 17.0. The second-order valence-corrected chi connectivity index (χ2v) is 6.94. The molecule has 2 heterocycles. The summed E-state index contributed by atoms with van der Waals surface area (Å²) < 4.78 is 2.20. The maximum atomic E-state index is 12.7. The Balaban J connectivity index is 1.91. The first-order valence-electron chi connectivity index (χ1n) is 8.53. The summed E-state index contributed by atoms with van der Waals surface area (Å²) in [5.41, 5.74) is 3.77. The van der Waals surface area contributed by atoms with Gasteiger partial charge in [-0.1, -0.05) is 32.0 Å². The molecule has 1 aromatic heterocycles. The van der Waals surface area contributed by atoms with E-state index in [0.29, 0.717) is 12.5 Å². The van der Waals surface area contributed by atoms with E-state index >= 15 is 0 Å². The molecule has 1 saturated heterocycles. The highest BCUT2D eigenvalue weighted by molar-refractivity contribution is 5.88. The Labute approximate surface area is 138 Å². The second kappa shape index (κ2) is 6.36. The fourth-order valence-corrected chi connectivity index (χ4v) is 3.68. The molecule has 1 fully saturated rings. The van der Waals surface area contributed by atoms with Gasteiger partial charge in [0.05, 0.1) is 0 Å². The van der Waals surface area contributed by atoms with Gasteiger partial charge in [-0.15, -0.1) is 0 Å². The molecular weight excluding hydrogens is 286 g/mol. The Morgan fingerprint density at radius 3 is 2.43 bits per heavy atom. The van der Waals surface area contributed by atoms with E-state index in [9.17, 15) is 4.79 Å². The van der Waals surface area contributed by atoms with Crippen LogP contribution in [0.4, 0.5) is 0 Å². The van der Waals surface area contributed by atoms with Crippen LogP contribution in [-0.4, -0.2) is 53.5 Å². The van der Waals surface area contributed by atoms with Crippen molar-refractivity contribution in [2.24, 2.45) is 0 Å². The minimum Gasteiger partial charge on any atom is -0.339 e. The Kier molecular flexibility index (Phi) is 4.44. The monoisotopic (exact) mass is 313 g/mol. The van der Waals surface area contributed by atoms with Gasteiger partial charge in [-0.3, -0.25) is 4.79 Å². The molecule has 0 unspecified atom stereocenters. The van der Waals surface area contributed by atoms with Crippen LogP contribution < -0.4 is 0 Å². The number of carbonyl (C=O) groups is 1. The number of para-hydroxylation sites is 1. The van der Waals surface area contributed by atoms with Crippen molar-refractivity contribution in [1.82, 2.24) is 14.4 Å². The summed E-state index contributed by atoms with van der Waals surface area (Å²) in [7, 11) is 2.11. The number of carbonyl (C=O) groups excluding carboxylic acids is 1. The number of piperazine rings is 1. The third-order valence-corrected chi connectivity index (χ3v) is 5.01. The highest BCUT2D eigenvalue weighted by Gasteiger charge is 2.22.